The van der Waals surface area contributed by atoms with Crippen LogP contribution < -0.4 is 21.1 Å². The summed E-state index contributed by atoms with van der Waals surface area (Å²) >= 11 is 0. The molecule has 9 atom stereocenters. The lowest BCUT2D eigenvalue weighted by atomic mass is 9.89. The maximum atomic E-state index is 14.4. The number of amides is 5. The van der Waals surface area contributed by atoms with Gasteiger partial charge in [-0.25, -0.2) is 8.42 Å². The molecular formula is C47H75N7O9S. The van der Waals surface area contributed by atoms with Crippen molar-refractivity contribution in [3.63, 3.8) is 0 Å². The van der Waals surface area contributed by atoms with E-state index >= 15 is 0 Å². The van der Waals surface area contributed by atoms with Crippen LogP contribution in [0.1, 0.15) is 85.3 Å². The van der Waals surface area contributed by atoms with Crippen LogP contribution in [0.4, 0.5) is 5.69 Å². The quantitative estimate of drug-likeness (QED) is 0.112. The predicted octanol–water partition coefficient (Wildman–Crippen LogP) is 3.59. The molecule has 0 bridgehead atoms. The number of likely N-dealkylation sites (tertiary alicyclic amines) is 1. The first-order valence-electron chi connectivity index (χ1n) is 22.4. The van der Waals surface area contributed by atoms with E-state index in [-0.39, 0.29) is 48.3 Å². The zero-order chi connectivity index (χ0) is 48.1. The molecule has 1 saturated heterocycles. The van der Waals surface area contributed by atoms with Crippen molar-refractivity contribution in [1.29, 1.82) is 0 Å². The Morgan fingerprint density at radius 3 is 1.98 bits per heavy atom. The van der Waals surface area contributed by atoms with Gasteiger partial charge in [-0.2, -0.15) is 0 Å². The number of nitrogens with two attached hydrogens (primary N) is 1. The molecule has 5 amide bonds. The second kappa shape index (κ2) is 24.6. The third-order valence-electron chi connectivity index (χ3n) is 12.5. The Hall–Kier alpha value is -4.58. The molecule has 0 spiro atoms. The van der Waals surface area contributed by atoms with Crippen LogP contribution in [0, 0.1) is 23.7 Å². The van der Waals surface area contributed by atoms with E-state index in [2.05, 4.69) is 15.4 Å². The average Bonchev–Trinajstić information content (AvgIpc) is 3.72. The molecule has 16 nitrogen and oxygen atoms in total. The molecule has 0 radical (unpaired) electrons. The molecule has 1 fully saturated rings. The van der Waals surface area contributed by atoms with Crippen molar-refractivity contribution in [3.8, 4) is 0 Å². The average molecular weight is 914 g/mol. The first-order chi connectivity index (χ1) is 30.1. The van der Waals surface area contributed by atoms with Gasteiger partial charge in [0.05, 0.1) is 48.4 Å². The fourth-order valence-corrected chi connectivity index (χ4v) is 10.0. The monoisotopic (exact) mass is 914 g/mol. The van der Waals surface area contributed by atoms with Gasteiger partial charge in [0.2, 0.25) is 33.7 Å². The third kappa shape index (κ3) is 14.7. The SMILES string of the molecule is CCC(C)C([C@@H](CC(=O)N1CCC[C@H]1[C@H](OC)[C@@H](C)C(=O)N[C@@H](Cc1ccccc1)C(=O)NS(=O)(=O)Cc1ccc(N)cc1)OC)N(C)C(=O)[C@@H](NC(=O)C(C(C)C)N(C)C)C(C)C. The first-order valence-corrected chi connectivity index (χ1v) is 24.0. The number of hydrogen-bond acceptors (Lipinski definition) is 11. The molecule has 2 aromatic carbocycles. The number of methoxy groups -OCH3 is 2. The van der Waals surface area contributed by atoms with Crippen LogP contribution in [0.25, 0.3) is 0 Å². The van der Waals surface area contributed by atoms with E-state index in [1.807, 2.05) is 66.6 Å². The number of carbonyl (C=O) groups excluding carboxylic acids is 5. The zero-order valence-corrected chi connectivity index (χ0v) is 40.8. The number of carbonyl (C=O) groups is 5. The second-order valence-corrected chi connectivity index (χ2v) is 19.9. The van der Waals surface area contributed by atoms with Crippen molar-refractivity contribution in [2.24, 2.45) is 23.7 Å². The zero-order valence-electron chi connectivity index (χ0n) is 40.0. The number of likely N-dealkylation sites (N-methyl/N-ethyl adjacent to an activating group) is 2. The van der Waals surface area contributed by atoms with Crippen molar-refractivity contribution < 1.29 is 41.9 Å². The van der Waals surface area contributed by atoms with E-state index in [1.165, 1.54) is 14.2 Å². The van der Waals surface area contributed by atoms with Gasteiger partial charge in [0.15, 0.2) is 0 Å². The number of anilines is 1. The Kier molecular flexibility index (Phi) is 20.7. The number of benzene rings is 2. The maximum absolute atomic E-state index is 14.4. The molecule has 1 heterocycles. The van der Waals surface area contributed by atoms with Crippen LogP contribution in [0.2, 0.25) is 0 Å². The number of nitrogen functional groups attached to an aromatic ring is 1. The normalized spacial score (nSPS) is 18.1. The summed E-state index contributed by atoms with van der Waals surface area (Å²) in [5.41, 5.74) is 7.35. The smallest absolute Gasteiger partial charge is 0.256 e. The number of rotatable bonds is 24. The molecule has 1 aliphatic rings. The topological polar surface area (TPSA) is 210 Å². The minimum atomic E-state index is -4.16. The summed E-state index contributed by atoms with van der Waals surface area (Å²) in [6, 6.07) is 11.7. The van der Waals surface area contributed by atoms with Gasteiger partial charge in [-0.05, 0) is 68.0 Å². The fraction of sp³-hybridized carbons (Fsp3) is 0.638. The van der Waals surface area contributed by atoms with Crippen LogP contribution in [0.3, 0.4) is 0 Å². The summed E-state index contributed by atoms with van der Waals surface area (Å²) in [4.78, 5) is 75.2. The highest BCUT2D eigenvalue weighted by molar-refractivity contribution is 7.89. The summed E-state index contributed by atoms with van der Waals surface area (Å²) in [5.74, 6) is -3.83. The second-order valence-electron chi connectivity index (χ2n) is 18.2. The van der Waals surface area contributed by atoms with Crippen molar-refractivity contribution >= 4 is 45.2 Å². The number of ether oxygens (including phenoxy) is 2. The molecule has 2 aromatic rings. The highest BCUT2D eigenvalue weighted by Crippen LogP contribution is 2.30. The van der Waals surface area contributed by atoms with Crippen molar-refractivity contribution in [2.45, 2.75) is 129 Å². The molecule has 0 aliphatic carbocycles. The molecule has 64 heavy (non-hydrogen) atoms. The minimum Gasteiger partial charge on any atom is -0.399 e. The standard InChI is InChI=1S/C47H75N7O9S/c1-13-31(6)42(53(10)47(59)40(29(2)3)50-46(58)41(30(4)5)52(8)9)38(62-11)27-39(55)54-25-17-20-37(54)43(63-12)32(7)44(56)49-36(26-33-18-15-14-16-19-33)45(57)51-64(60,61)28-34-21-23-35(48)24-22-34/h14-16,18-19,21-24,29-32,36-38,40-43H,13,17,20,25-28,48H2,1-12H3,(H,49,56)(H,50,58)(H,51,57)/t31?,32-,36+,37+,38-,40+,41?,42?,43-/m1/s1. The summed E-state index contributed by atoms with van der Waals surface area (Å²) in [6.07, 6.45) is 0.346. The molecule has 3 rings (SSSR count). The predicted molar refractivity (Wildman–Crippen MR) is 249 cm³/mol. The van der Waals surface area contributed by atoms with Crippen LogP contribution in [0.5, 0.6) is 0 Å². The van der Waals surface area contributed by atoms with Gasteiger partial charge in [0.25, 0.3) is 5.91 Å². The molecule has 5 N–H and O–H groups in total. The van der Waals surface area contributed by atoms with Crippen LogP contribution in [-0.2, 0) is 55.6 Å². The first kappa shape index (κ1) is 53.8. The van der Waals surface area contributed by atoms with Gasteiger partial charge < -0.3 is 35.6 Å². The van der Waals surface area contributed by atoms with Gasteiger partial charge in [0.1, 0.15) is 12.1 Å². The van der Waals surface area contributed by atoms with E-state index < -0.39 is 75.9 Å². The highest BCUT2D eigenvalue weighted by Gasteiger charge is 2.43. The number of sulfonamides is 1. The van der Waals surface area contributed by atoms with Gasteiger partial charge in [0, 0.05) is 39.9 Å². The number of hydrogen-bond donors (Lipinski definition) is 4. The van der Waals surface area contributed by atoms with E-state index in [4.69, 9.17) is 15.2 Å². The number of nitrogens with one attached hydrogen (secondary N) is 3. The molecular weight excluding hydrogens is 839 g/mol. The largest absolute Gasteiger partial charge is 0.399 e. The molecule has 3 unspecified atom stereocenters. The van der Waals surface area contributed by atoms with Crippen LogP contribution in [0.15, 0.2) is 54.6 Å². The summed E-state index contributed by atoms with van der Waals surface area (Å²) in [7, 11) is 4.20. The molecule has 0 aromatic heterocycles. The van der Waals surface area contributed by atoms with E-state index in [9.17, 15) is 32.4 Å². The maximum Gasteiger partial charge on any atom is 0.256 e. The molecule has 17 heteroatoms. The van der Waals surface area contributed by atoms with Gasteiger partial charge in [-0.1, -0.05) is 97.4 Å². The van der Waals surface area contributed by atoms with Crippen LogP contribution in [-0.4, -0.2) is 137 Å². The minimum absolute atomic E-state index is 0.0121. The Balaban J connectivity index is 1.82. The Bertz CT molecular complexity index is 1940. The Morgan fingerprint density at radius 2 is 1.45 bits per heavy atom. The fourth-order valence-electron chi connectivity index (χ4n) is 8.87. The Morgan fingerprint density at radius 1 is 0.828 bits per heavy atom. The van der Waals surface area contributed by atoms with Crippen molar-refractivity contribution in [1.82, 2.24) is 30.1 Å². The van der Waals surface area contributed by atoms with E-state index in [0.29, 0.717) is 42.6 Å². The van der Waals surface area contributed by atoms with Crippen LogP contribution >= 0.6 is 0 Å². The van der Waals surface area contributed by atoms with Gasteiger partial charge >= 0.3 is 0 Å². The van der Waals surface area contributed by atoms with E-state index in [0.717, 1.165) is 0 Å². The molecule has 1 aliphatic heterocycles. The van der Waals surface area contributed by atoms with Gasteiger partial charge in [-0.3, -0.25) is 33.6 Å². The van der Waals surface area contributed by atoms with Crippen molar-refractivity contribution in [2.75, 3.05) is 47.6 Å². The lowest BCUT2D eigenvalue weighted by Gasteiger charge is -2.41. The van der Waals surface area contributed by atoms with E-state index in [1.54, 1.807) is 72.3 Å². The van der Waals surface area contributed by atoms with Gasteiger partial charge in [-0.15, -0.1) is 0 Å². The number of nitrogens with zero attached hydrogens (tertiary/aromatic N) is 3. The highest BCUT2D eigenvalue weighted by atomic mass is 32.2. The molecule has 0 saturated carbocycles. The Labute approximate surface area is 381 Å². The summed E-state index contributed by atoms with van der Waals surface area (Å²) in [5, 5.41) is 5.81. The third-order valence-corrected chi connectivity index (χ3v) is 13.7. The lowest BCUT2D eigenvalue weighted by molar-refractivity contribution is -0.148. The summed E-state index contributed by atoms with van der Waals surface area (Å²) < 4.78 is 40.4. The lowest BCUT2D eigenvalue weighted by Crippen LogP contribution is -2.59. The van der Waals surface area contributed by atoms with Crippen molar-refractivity contribution in [3.05, 3.63) is 65.7 Å². The summed E-state index contributed by atoms with van der Waals surface area (Å²) in [6.45, 7) is 13.8. The molecule has 358 valence electrons.